The van der Waals surface area contributed by atoms with Crippen LogP contribution in [0, 0.1) is 29.0 Å². The zero-order valence-electron chi connectivity index (χ0n) is 21.2. The van der Waals surface area contributed by atoms with Gasteiger partial charge >= 0.3 is 12.4 Å². The molecule has 220 valence electrons. The van der Waals surface area contributed by atoms with Crippen LogP contribution in [-0.4, -0.2) is 42.7 Å². The molecule has 3 rings (SSSR count). The molecule has 3 atom stereocenters. The van der Waals surface area contributed by atoms with Gasteiger partial charge in [0.25, 0.3) is 0 Å². The maximum atomic E-state index is 14.7. The number of nitrogens with one attached hydrogen (secondary N) is 2. The Hall–Kier alpha value is -4.35. The van der Waals surface area contributed by atoms with Crippen molar-refractivity contribution in [1.82, 2.24) is 5.32 Å². The fraction of sp³-hybridized carbons (Fsp3) is 0.385. The average molecular weight is 587 g/mol. The first-order valence-electron chi connectivity index (χ1n) is 12.2. The van der Waals surface area contributed by atoms with E-state index in [9.17, 15) is 50.4 Å². The maximum Gasteiger partial charge on any atom is 0.389 e. The third kappa shape index (κ3) is 8.32. The summed E-state index contributed by atoms with van der Waals surface area (Å²) in [5.41, 5.74) is 5.54. The molecule has 8 nitrogen and oxygen atoms in total. The zero-order chi connectivity index (χ0) is 30.5. The molecule has 15 heteroatoms. The van der Waals surface area contributed by atoms with Crippen LogP contribution in [-0.2, 0) is 14.4 Å². The Kier molecular flexibility index (Phi) is 9.46. The first kappa shape index (κ1) is 31.2. The van der Waals surface area contributed by atoms with Crippen LogP contribution >= 0.6 is 0 Å². The van der Waals surface area contributed by atoms with Crippen LogP contribution < -0.4 is 21.3 Å². The highest BCUT2D eigenvalue weighted by molar-refractivity contribution is 6.03. The van der Waals surface area contributed by atoms with Crippen molar-refractivity contribution in [3.8, 4) is 6.07 Å². The molecule has 41 heavy (non-hydrogen) atoms. The minimum absolute atomic E-state index is 0.124. The van der Waals surface area contributed by atoms with E-state index in [1.807, 2.05) is 6.07 Å². The third-order valence-corrected chi connectivity index (χ3v) is 6.48. The summed E-state index contributed by atoms with van der Waals surface area (Å²) in [4.78, 5) is 39.7. The van der Waals surface area contributed by atoms with Gasteiger partial charge in [0.15, 0.2) is 0 Å². The Morgan fingerprint density at radius 1 is 1.05 bits per heavy atom. The lowest BCUT2D eigenvalue weighted by Crippen LogP contribution is -2.52. The second kappa shape index (κ2) is 12.4. The van der Waals surface area contributed by atoms with Gasteiger partial charge in [-0.25, -0.2) is 4.39 Å². The van der Waals surface area contributed by atoms with Gasteiger partial charge in [0.1, 0.15) is 17.5 Å². The van der Waals surface area contributed by atoms with Gasteiger partial charge in [-0.15, -0.1) is 0 Å². The predicted molar refractivity (Wildman–Crippen MR) is 132 cm³/mol. The van der Waals surface area contributed by atoms with Gasteiger partial charge in [0.2, 0.25) is 17.7 Å². The van der Waals surface area contributed by atoms with Crippen molar-refractivity contribution in [3.05, 3.63) is 53.8 Å². The van der Waals surface area contributed by atoms with Gasteiger partial charge in [0, 0.05) is 30.4 Å². The molecule has 1 aliphatic rings. The molecule has 0 saturated heterocycles. The molecule has 2 aromatic rings. The quantitative estimate of drug-likeness (QED) is 0.368. The first-order chi connectivity index (χ1) is 19.1. The molecule has 1 aliphatic heterocycles. The number of para-hydroxylation sites is 1. The van der Waals surface area contributed by atoms with Crippen molar-refractivity contribution >= 4 is 34.8 Å². The third-order valence-electron chi connectivity index (χ3n) is 6.48. The number of alkyl halides is 6. The molecule has 0 saturated carbocycles. The number of carbonyl (C=O) groups excluding carboxylic acids is 3. The van der Waals surface area contributed by atoms with Crippen molar-refractivity contribution in [2.24, 2.45) is 17.6 Å². The van der Waals surface area contributed by atoms with Gasteiger partial charge in [-0.2, -0.15) is 31.6 Å². The Morgan fingerprint density at radius 3 is 2.24 bits per heavy atom. The zero-order valence-corrected chi connectivity index (χ0v) is 21.2. The number of anilines is 3. The van der Waals surface area contributed by atoms with Crippen LogP contribution in [0.5, 0.6) is 0 Å². The molecule has 2 aromatic carbocycles. The van der Waals surface area contributed by atoms with Crippen LogP contribution in [0.1, 0.15) is 31.2 Å². The van der Waals surface area contributed by atoms with Crippen LogP contribution in [0.3, 0.4) is 0 Å². The van der Waals surface area contributed by atoms with Crippen molar-refractivity contribution < 1.29 is 45.1 Å². The van der Waals surface area contributed by atoms with E-state index in [0.717, 1.165) is 6.07 Å². The highest BCUT2D eigenvalue weighted by Crippen LogP contribution is 2.37. The molecule has 4 N–H and O–H groups in total. The van der Waals surface area contributed by atoms with Crippen molar-refractivity contribution in [3.63, 3.8) is 0 Å². The largest absolute Gasteiger partial charge is 0.389 e. The molecule has 0 aromatic heterocycles. The van der Waals surface area contributed by atoms with E-state index in [1.165, 1.54) is 41.3 Å². The monoisotopic (exact) mass is 587 g/mol. The lowest BCUT2D eigenvalue weighted by molar-refractivity contribution is -0.152. The summed E-state index contributed by atoms with van der Waals surface area (Å²) >= 11 is 0. The fourth-order valence-corrected chi connectivity index (χ4v) is 4.51. The van der Waals surface area contributed by atoms with Gasteiger partial charge < -0.3 is 21.3 Å². The Bertz CT molecular complexity index is 1340. The van der Waals surface area contributed by atoms with E-state index < -0.39 is 86.0 Å². The molecule has 1 heterocycles. The van der Waals surface area contributed by atoms with Crippen LogP contribution in [0.15, 0.2) is 42.5 Å². The summed E-state index contributed by atoms with van der Waals surface area (Å²) < 4.78 is 92.4. The lowest BCUT2D eigenvalue weighted by Gasteiger charge is -2.29. The standard InChI is InChI=1S/C26H24F7N5O3/c27-18-5-2-6-20-21(18)37-24(41)19(13-38(20)15-4-1-3-14(11-15)12-34)36-23(40)17(8-10-26(31,32)33)16(22(35)39)7-9-25(28,29)30/h1-6,11,16-17,19H,7-10,13H2,(H2,35,39)(H,36,40)(H,37,41)/t16?,17?,19-/m0/s1. The average Bonchev–Trinajstić information content (AvgIpc) is 3.01. The summed E-state index contributed by atoms with van der Waals surface area (Å²) in [6, 6.07) is 10.1. The Balaban J connectivity index is 1.98. The van der Waals surface area contributed by atoms with E-state index in [2.05, 4.69) is 10.6 Å². The number of hydrogen-bond donors (Lipinski definition) is 3. The number of hydrogen-bond acceptors (Lipinski definition) is 5. The molecule has 0 aliphatic carbocycles. The van der Waals surface area contributed by atoms with Gasteiger partial charge in [-0.05, 0) is 43.2 Å². The highest BCUT2D eigenvalue weighted by Gasteiger charge is 2.41. The van der Waals surface area contributed by atoms with Crippen LogP contribution in [0.4, 0.5) is 47.8 Å². The topological polar surface area (TPSA) is 128 Å². The smallest absolute Gasteiger partial charge is 0.369 e. The van der Waals surface area contributed by atoms with Crippen LogP contribution in [0.25, 0.3) is 0 Å². The second-order valence-electron chi connectivity index (χ2n) is 9.38. The summed E-state index contributed by atoms with van der Waals surface area (Å²) in [5, 5.41) is 13.8. The number of primary amides is 1. The number of benzene rings is 2. The number of halogens is 7. The Labute approximate surface area is 229 Å². The molecule has 0 spiro atoms. The Morgan fingerprint density at radius 2 is 1.66 bits per heavy atom. The van der Waals surface area contributed by atoms with E-state index in [4.69, 9.17) is 5.73 Å². The van der Waals surface area contributed by atoms with Crippen LogP contribution in [0.2, 0.25) is 0 Å². The summed E-state index contributed by atoms with van der Waals surface area (Å²) in [7, 11) is 0. The molecule has 2 unspecified atom stereocenters. The minimum Gasteiger partial charge on any atom is -0.369 e. The minimum atomic E-state index is -4.81. The first-order valence-corrected chi connectivity index (χ1v) is 12.2. The highest BCUT2D eigenvalue weighted by atomic mass is 19.4. The van der Waals surface area contributed by atoms with E-state index in [1.54, 1.807) is 0 Å². The van der Waals surface area contributed by atoms with Crippen molar-refractivity contribution in [1.29, 1.82) is 5.26 Å². The SMILES string of the molecule is N#Cc1cccc(N2C[C@H](NC(=O)C(CCC(F)(F)F)C(CCC(F)(F)F)C(N)=O)C(=O)Nc3c(F)cccc32)c1. The summed E-state index contributed by atoms with van der Waals surface area (Å²) in [6.45, 7) is -0.418. The number of amides is 3. The van der Waals surface area contributed by atoms with Gasteiger partial charge in [-0.1, -0.05) is 12.1 Å². The molecule has 0 bridgehead atoms. The normalized spacial score (nSPS) is 17.0. The van der Waals surface area contributed by atoms with E-state index in [0.29, 0.717) is 5.69 Å². The number of nitriles is 1. The molecule has 3 amide bonds. The molecule has 0 fully saturated rings. The lowest BCUT2D eigenvalue weighted by atomic mass is 9.83. The number of nitrogens with two attached hydrogens (primary N) is 1. The second-order valence-corrected chi connectivity index (χ2v) is 9.38. The molecular weight excluding hydrogens is 563 g/mol. The number of carbonyl (C=O) groups is 3. The number of nitrogens with zero attached hydrogens (tertiary/aromatic N) is 2. The predicted octanol–water partition coefficient (Wildman–Crippen LogP) is 4.68. The van der Waals surface area contributed by atoms with Crippen molar-refractivity contribution in [2.75, 3.05) is 16.8 Å². The summed E-state index contributed by atoms with van der Waals surface area (Å²) in [6.07, 6.45) is -14.9. The number of rotatable bonds is 9. The summed E-state index contributed by atoms with van der Waals surface area (Å²) in [5.74, 6) is -8.44. The maximum absolute atomic E-state index is 14.7. The number of fused-ring (bicyclic) bond motifs is 1. The van der Waals surface area contributed by atoms with Gasteiger partial charge in [-0.3, -0.25) is 14.4 Å². The fourth-order valence-electron chi connectivity index (χ4n) is 4.51. The van der Waals surface area contributed by atoms with E-state index >= 15 is 0 Å². The molecular formula is C26H24F7N5O3. The van der Waals surface area contributed by atoms with E-state index in [-0.39, 0.29) is 16.9 Å². The van der Waals surface area contributed by atoms with Gasteiger partial charge in [0.05, 0.1) is 23.9 Å². The molecule has 0 radical (unpaired) electrons. The van der Waals surface area contributed by atoms with Crippen molar-refractivity contribution in [2.45, 2.75) is 44.1 Å².